The van der Waals surface area contributed by atoms with Crippen LogP contribution in [0.4, 0.5) is 5.82 Å². The second-order valence-electron chi connectivity index (χ2n) is 3.64. The molecule has 0 N–H and O–H groups in total. The molecule has 0 amide bonds. The maximum Gasteiger partial charge on any atom is 0.224 e. The lowest BCUT2D eigenvalue weighted by atomic mass is 10.1. The SMILES string of the molecule is CN(c1ccnc(Cl)n1)C1CCOCC1. The van der Waals surface area contributed by atoms with Gasteiger partial charge in [-0.25, -0.2) is 9.97 Å². The zero-order valence-electron chi connectivity index (χ0n) is 8.69. The molecule has 0 bridgehead atoms. The van der Waals surface area contributed by atoms with Gasteiger partial charge >= 0.3 is 0 Å². The van der Waals surface area contributed by atoms with Crippen molar-refractivity contribution in [3.63, 3.8) is 0 Å². The molecule has 2 rings (SSSR count). The molecule has 0 unspecified atom stereocenters. The molecule has 1 aromatic heterocycles. The number of nitrogens with zero attached hydrogens (tertiary/aromatic N) is 3. The van der Waals surface area contributed by atoms with Crippen molar-refractivity contribution in [2.24, 2.45) is 0 Å². The molecule has 15 heavy (non-hydrogen) atoms. The zero-order chi connectivity index (χ0) is 10.7. The van der Waals surface area contributed by atoms with Gasteiger partial charge in [0.05, 0.1) is 0 Å². The van der Waals surface area contributed by atoms with Crippen LogP contribution in [0, 0.1) is 0 Å². The fourth-order valence-corrected chi connectivity index (χ4v) is 1.92. The van der Waals surface area contributed by atoms with Crippen molar-refractivity contribution in [1.82, 2.24) is 9.97 Å². The van der Waals surface area contributed by atoms with Crippen molar-refractivity contribution < 1.29 is 4.74 Å². The minimum Gasteiger partial charge on any atom is -0.381 e. The van der Waals surface area contributed by atoms with Crippen LogP contribution in [0.15, 0.2) is 12.3 Å². The highest BCUT2D eigenvalue weighted by molar-refractivity contribution is 6.28. The molecule has 1 saturated heterocycles. The van der Waals surface area contributed by atoms with Gasteiger partial charge in [0.15, 0.2) is 0 Å². The molecule has 1 aliphatic rings. The maximum atomic E-state index is 5.75. The van der Waals surface area contributed by atoms with Crippen LogP contribution in [0.2, 0.25) is 5.28 Å². The van der Waals surface area contributed by atoms with Crippen LogP contribution < -0.4 is 4.90 Å². The number of halogens is 1. The Balaban J connectivity index is 2.08. The summed E-state index contributed by atoms with van der Waals surface area (Å²) in [5.74, 6) is 0.877. The number of hydrogen-bond donors (Lipinski definition) is 0. The summed E-state index contributed by atoms with van der Waals surface area (Å²) in [6.45, 7) is 1.65. The Labute approximate surface area is 94.2 Å². The van der Waals surface area contributed by atoms with Gasteiger partial charge in [-0.05, 0) is 30.5 Å². The fraction of sp³-hybridized carbons (Fsp3) is 0.600. The summed E-state index contributed by atoms with van der Waals surface area (Å²) >= 11 is 5.75. The van der Waals surface area contributed by atoms with Crippen molar-refractivity contribution in [3.05, 3.63) is 17.5 Å². The first-order valence-electron chi connectivity index (χ1n) is 5.06. The van der Waals surface area contributed by atoms with Crippen LogP contribution in [0.5, 0.6) is 0 Å². The molecule has 5 heteroatoms. The van der Waals surface area contributed by atoms with E-state index in [1.165, 1.54) is 0 Å². The second-order valence-corrected chi connectivity index (χ2v) is 3.98. The van der Waals surface area contributed by atoms with Crippen LogP contribution in [0.3, 0.4) is 0 Å². The van der Waals surface area contributed by atoms with E-state index in [2.05, 4.69) is 14.9 Å². The van der Waals surface area contributed by atoms with Crippen molar-refractivity contribution in [3.8, 4) is 0 Å². The van der Waals surface area contributed by atoms with Gasteiger partial charge in [-0.1, -0.05) is 0 Å². The molecule has 4 nitrogen and oxygen atoms in total. The molecule has 0 atom stereocenters. The molecular formula is C10H14ClN3O. The van der Waals surface area contributed by atoms with E-state index in [4.69, 9.17) is 16.3 Å². The predicted octanol–water partition coefficient (Wildman–Crippen LogP) is 1.75. The first-order chi connectivity index (χ1) is 7.27. The summed E-state index contributed by atoms with van der Waals surface area (Å²) < 4.78 is 5.32. The molecule has 0 aliphatic carbocycles. The number of anilines is 1. The largest absolute Gasteiger partial charge is 0.381 e. The lowest BCUT2D eigenvalue weighted by molar-refractivity contribution is 0.0853. The number of hydrogen-bond acceptors (Lipinski definition) is 4. The van der Waals surface area contributed by atoms with Crippen LogP contribution in [-0.2, 0) is 4.74 Å². The average Bonchev–Trinajstić information content (AvgIpc) is 2.29. The summed E-state index contributed by atoms with van der Waals surface area (Å²) in [5.41, 5.74) is 0. The standard InChI is InChI=1S/C10H14ClN3O/c1-14(8-3-6-15-7-4-8)9-2-5-12-10(11)13-9/h2,5,8H,3-4,6-7H2,1H3. The highest BCUT2D eigenvalue weighted by atomic mass is 35.5. The minimum absolute atomic E-state index is 0.298. The Kier molecular flexibility index (Phi) is 3.38. The zero-order valence-corrected chi connectivity index (χ0v) is 9.44. The summed E-state index contributed by atoms with van der Waals surface area (Å²) in [5, 5.41) is 0.298. The summed E-state index contributed by atoms with van der Waals surface area (Å²) in [4.78, 5) is 10.2. The molecule has 0 aromatic carbocycles. The Morgan fingerprint density at radius 2 is 2.20 bits per heavy atom. The highest BCUT2D eigenvalue weighted by Gasteiger charge is 2.19. The lowest BCUT2D eigenvalue weighted by Gasteiger charge is -2.31. The maximum absolute atomic E-state index is 5.75. The van der Waals surface area contributed by atoms with E-state index in [0.717, 1.165) is 31.9 Å². The molecule has 0 spiro atoms. The van der Waals surface area contributed by atoms with Gasteiger partial charge in [0.2, 0.25) is 5.28 Å². The first-order valence-corrected chi connectivity index (χ1v) is 5.44. The van der Waals surface area contributed by atoms with Gasteiger partial charge in [-0.2, -0.15) is 0 Å². The molecule has 1 aromatic rings. The molecule has 1 aliphatic heterocycles. The highest BCUT2D eigenvalue weighted by Crippen LogP contribution is 2.19. The summed E-state index contributed by atoms with van der Waals surface area (Å²) in [7, 11) is 2.04. The lowest BCUT2D eigenvalue weighted by Crippen LogP contribution is -2.37. The van der Waals surface area contributed by atoms with Gasteiger partial charge in [-0.3, -0.25) is 0 Å². The quantitative estimate of drug-likeness (QED) is 0.722. The van der Waals surface area contributed by atoms with Crippen LogP contribution in [-0.4, -0.2) is 36.3 Å². The summed E-state index contributed by atoms with van der Waals surface area (Å²) in [6, 6.07) is 2.37. The van der Waals surface area contributed by atoms with Crippen LogP contribution in [0.1, 0.15) is 12.8 Å². The molecule has 0 radical (unpaired) electrons. The minimum atomic E-state index is 0.298. The Bertz CT molecular complexity index is 328. The fourth-order valence-electron chi connectivity index (χ4n) is 1.78. The summed E-state index contributed by atoms with van der Waals surface area (Å²) in [6.07, 6.45) is 3.76. The third kappa shape index (κ3) is 2.58. The van der Waals surface area contributed by atoms with Gasteiger partial charge in [0, 0.05) is 32.5 Å². The number of aromatic nitrogens is 2. The Morgan fingerprint density at radius 3 is 2.87 bits per heavy atom. The van der Waals surface area contributed by atoms with Gasteiger partial charge in [0.25, 0.3) is 0 Å². The average molecular weight is 228 g/mol. The Morgan fingerprint density at radius 1 is 1.47 bits per heavy atom. The Hall–Kier alpha value is -0.870. The second kappa shape index (κ2) is 4.77. The van der Waals surface area contributed by atoms with E-state index in [0.29, 0.717) is 11.3 Å². The van der Waals surface area contributed by atoms with E-state index in [1.807, 2.05) is 13.1 Å². The number of rotatable bonds is 2. The monoisotopic (exact) mass is 227 g/mol. The molecule has 2 heterocycles. The van der Waals surface area contributed by atoms with Gasteiger partial charge in [0.1, 0.15) is 5.82 Å². The van der Waals surface area contributed by atoms with Crippen molar-refractivity contribution in [2.75, 3.05) is 25.2 Å². The van der Waals surface area contributed by atoms with E-state index in [9.17, 15) is 0 Å². The van der Waals surface area contributed by atoms with Crippen molar-refractivity contribution in [2.45, 2.75) is 18.9 Å². The topological polar surface area (TPSA) is 38.2 Å². The smallest absolute Gasteiger partial charge is 0.224 e. The third-order valence-electron chi connectivity index (χ3n) is 2.71. The predicted molar refractivity (Wildman–Crippen MR) is 59.3 cm³/mol. The van der Waals surface area contributed by atoms with Crippen molar-refractivity contribution >= 4 is 17.4 Å². The van der Waals surface area contributed by atoms with E-state index >= 15 is 0 Å². The molecular weight excluding hydrogens is 214 g/mol. The molecule has 82 valence electrons. The van der Waals surface area contributed by atoms with E-state index < -0.39 is 0 Å². The normalized spacial score (nSPS) is 17.7. The van der Waals surface area contributed by atoms with Crippen LogP contribution in [0.25, 0.3) is 0 Å². The molecule has 0 saturated carbocycles. The van der Waals surface area contributed by atoms with Crippen molar-refractivity contribution in [1.29, 1.82) is 0 Å². The van der Waals surface area contributed by atoms with E-state index in [-0.39, 0.29) is 0 Å². The van der Waals surface area contributed by atoms with E-state index in [1.54, 1.807) is 6.20 Å². The van der Waals surface area contributed by atoms with Gasteiger partial charge < -0.3 is 9.64 Å². The number of ether oxygens (including phenoxy) is 1. The third-order valence-corrected chi connectivity index (χ3v) is 2.89. The first kappa shape index (κ1) is 10.6. The molecule has 1 fully saturated rings. The van der Waals surface area contributed by atoms with Crippen LogP contribution >= 0.6 is 11.6 Å². The van der Waals surface area contributed by atoms with Gasteiger partial charge in [-0.15, -0.1) is 0 Å².